The van der Waals surface area contributed by atoms with Crippen LogP contribution >= 0.6 is 0 Å². The highest BCUT2D eigenvalue weighted by atomic mass is 16.5. The first-order chi connectivity index (χ1) is 10.1. The lowest BCUT2D eigenvalue weighted by Gasteiger charge is -2.26. The number of methoxy groups -OCH3 is 1. The van der Waals surface area contributed by atoms with Crippen molar-refractivity contribution in [3.63, 3.8) is 0 Å². The van der Waals surface area contributed by atoms with Crippen LogP contribution in [0.5, 0.6) is 23.0 Å². The number of hydrogen-bond acceptors (Lipinski definition) is 5. The maximum absolute atomic E-state index is 12.2. The van der Waals surface area contributed by atoms with Gasteiger partial charge in [0, 0.05) is 6.07 Å². The summed E-state index contributed by atoms with van der Waals surface area (Å²) in [6.45, 7) is 0. The van der Waals surface area contributed by atoms with Crippen LogP contribution in [-0.2, 0) is 0 Å². The molecular weight excluding hydrogens is 272 g/mol. The fourth-order valence-electron chi connectivity index (χ4n) is 2.40. The summed E-state index contributed by atoms with van der Waals surface area (Å²) in [5, 5.41) is 19.3. The number of rotatable bonds is 2. The molecule has 0 amide bonds. The third kappa shape index (κ3) is 2.38. The Labute approximate surface area is 121 Å². The van der Waals surface area contributed by atoms with E-state index in [9.17, 15) is 15.0 Å². The average Bonchev–Trinajstić information content (AvgIpc) is 2.48. The average molecular weight is 286 g/mol. The monoisotopic (exact) mass is 286 g/mol. The van der Waals surface area contributed by atoms with Crippen LogP contribution in [0, 0.1) is 0 Å². The van der Waals surface area contributed by atoms with Crippen LogP contribution in [0.3, 0.4) is 0 Å². The number of phenols is 2. The van der Waals surface area contributed by atoms with Crippen LogP contribution in [0.2, 0.25) is 0 Å². The van der Waals surface area contributed by atoms with E-state index >= 15 is 0 Å². The SMILES string of the molecule is COc1ccc(C2CC(=O)c3cc(O)cc(O)c3O2)cc1. The van der Waals surface area contributed by atoms with Gasteiger partial charge in [-0.2, -0.15) is 0 Å². The lowest BCUT2D eigenvalue weighted by Crippen LogP contribution is -2.20. The number of fused-ring (bicyclic) bond motifs is 1. The number of benzene rings is 2. The number of carbonyl (C=O) groups excluding carboxylic acids is 1. The third-order valence-corrected chi connectivity index (χ3v) is 3.47. The Morgan fingerprint density at radius 1 is 1.19 bits per heavy atom. The van der Waals surface area contributed by atoms with Crippen molar-refractivity contribution in [2.75, 3.05) is 7.11 Å². The highest BCUT2D eigenvalue weighted by Crippen LogP contribution is 2.42. The van der Waals surface area contributed by atoms with Gasteiger partial charge < -0.3 is 19.7 Å². The van der Waals surface area contributed by atoms with E-state index in [1.807, 2.05) is 12.1 Å². The number of ether oxygens (including phenoxy) is 2. The normalized spacial score (nSPS) is 17.0. The summed E-state index contributed by atoms with van der Waals surface area (Å²) < 4.78 is 10.8. The molecule has 0 radical (unpaired) electrons. The van der Waals surface area contributed by atoms with Gasteiger partial charge in [0.1, 0.15) is 17.6 Å². The lowest BCUT2D eigenvalue weighted by molar-refractivity contribution is 0.0841. The van der Waals surface area contributed by atoms with Gasteiger partial charge in [0.05, 0.1) is 19.1 Å². The van der Waals surface area contributed by atoms with Crippen molar-refractivity contribution in [3.05, 3.63) is 47.5 Å². The molecule has 2 N–H and O–H groups in total. The van der Waals surface area contributed by atoms with Gasteiger partial charge in [-0.05, 0) is 23.8 Å². The second-order valence-corrected chi connectivity index (χ2v) is 4.85. The Morgan fingerprint density at radius 3 is 2.57 bits per heavy atom. The lowest BCUT2D eigenvalue weighted by atomic mass is 9.96. The smallest absolute Gasteiger partial charge is 0.172 e. The molecule has 0 spiro atoms. The summed E-state index contributed by atoms with van der Waals surface area (Å²) in [6, 6.07) is 9.67. The highest BCUT2D eigenvalue weighted by Gasteiger charge is 2.30. The number of Topliss-reactive ketones (excluding diaryl/α,β-unsaturated/α-hetero) is 1. The molecule has 21 heavy (non-hydrogen) atoms. The molecule has 0 aliphatic carbocycles. The summed E-state index contributed by atoms with van der Waals surface area (Å²) in [7, 11) is 1.58. The van der Waals surface area contributed by atoms with Gasteiger partial charge in [-0.3, -0.25) is 4.79 Å². The largest absolute Gasteiger partial charge is 0.508 e. The van der Waals surface area contributed by atoms with Crippen molar-refractivity contribution in [1.82, 2.24) is 0 Å². The molecule has 108 valence electrons. The van der Waals surface area contributed by atoms with E-state index in [-0.39, 0.29) is 35.0 Å². The third-order valence-electron chi connectivity index (χ3n) is 3.47. The van der Waals surface area contributed by atoms with E-state index < -0.39 is 6.10 Å². The van der Waals surface area contributed by atoms with Gasteiger partial charge in [-0.15, -0.1) is 0 Å². The van der Waals surface area contributed by atoms with Crippen molar-refractivity contribution in [2.45, 2.75) is 12.5 Å². The second kappa shape index (κ2) is 5.01. The Morgan fingerprint density at radius 2 is 1.90 bits per heavy atom. The quantitative estimate of drug-likeness (QED) is 0.887. The molecule has 5 heteroatoms. The molecule has 1 heterocycles. The Balaban J connectivity index is 1.95. The molecule has 0 aromatic heterocycles. The van der Waals surface area contributed by atoms with Crippen molar-refractivity contribution in [1.29, 1.82) is 0 Å². The summed E-state index contributed by atoms with van der Waals surface area (Å²) in [6.07, 6.45) is -0.311. The summed E-state index contributed by atoms with van der Waals surface area (Å²) in [5.41, 5.74) is 1.03. The first kappa shape index (κ1) is 13.3. The van der Waals surface area contributed by atoms with Crippen LogP contribution in [0.1, 0.15) is 28.4 Å². The summed E-state index contributed by atoms with van der Waals surface area (Å²) in [5.74, 6) is 0.254. The number of ketones is 1. The zero-order valence-electron chi connectivity index (χ0n) is 11.4. The fraction of sp³-hybridized carbons (Fsp3) is 0.188. The maximum atomic E-state index is 12.2. The molecule has 1 atom stereocenters. The minimum absolute atomic E-state index is 0.116. The number of aromatic hydroxyl groups is 2. The van der Waals surface area contributed by atoms with E-state index in [4.69, 9.17) is 9.47 Å². The topological polar surface area (TPSA) is 76.0 Å². The molecule has 0 saturated heterocycles. The molecule has 1 aliphatic rings. The van der Waals surface area contributed by atoms with Gasteiger partial charge in [0.25, 0.3) is 0 Å². The minimum Gasteiger partial charge on any atom is -0.508 e. The van der Waals surface area contributed by atoms with Crippen LogP contribution in [0.15, 0.2) is 36.4 Å². The fourth-order valence-corrected chi connectivity index (χ4v) is 2.40. The number of phenolic OH excluding ortho intramolecular Hbond substituents is 2. The highest BCUT2D eigenvalue weighted by molar-refractivity contribution is 6.01. The van der Waals surface area contributed by atoms with Crippen molar-refractivity contribution < 1.29 is 24.5 Å². The van der Waals surface area contributed by atoms with E-state index in [0.717, 1.165) is 11.6 Å². The summed E-state index contributed by atoms with van der Waals surface area (Å²) >= 11 is 0. The van der Waals surface area contributed by atoms with Crippen molar-refractivity contribution in [2.24, 2.45) is 0 Å². The molecule has 1 aliphatic heterocycles. The zero-order chi connectivity index (χ0) is 15.0. The van der Waals surface area contributed by atoms with Crippen molar-refractivity contribution in [3.8, 4) is 23.0 Å². The van der Waals surface area contributed by atoms with Crippen LogP contribution < -0.4 is 9.47 Å². The van der Waals surface area contributed by atoms with Crippen LogP contribution in [0.4, 0.5) is 0 Å². The first-order valence-corrected chi connectivity index (χ1v) is 6.48. The van der Waals surface area contributed by atoms with E-state index in [1.54, 1.807) is 19.2 Å². The second-order valence-electron chi connectivity index (χ2n) is 4.85. The molecule has 3 rings (SSSR count). The zero-order valence-corrected chi connectivity index (χ0v) is 11.4. The van der Waals surface area contributed by atoms with Gasteiger partial charge in [-0.25, -0.2) is 0 Å². The molecule has 2 aromatic carbocycles. The molecule has 0 saturated carbocycles. The van der Waals surface area contributed by atoms with Crippen molar-refractivity contribution >= 4 is 5.78 Å². The predicted molar refractivity (Wildman–Crippen MR) is 75.1 cm³/mol. The number of hydrogen-bond donors (Lipinski definition) is 2. The molecule has 2 aromatic rings. The maximum Gasteiger partial charge on any atom is 0.172 e. The molecule has 5 nitrogen and oxygen atoms in total. The molecular formula is C16H14O5. The van der Waals surface area contributed by atoms with Gasteiger partial charge in [0.2, 0.25) is 0 Å². The van der Waals surface area contributed by atoms with Gasteiger partial charge in [-0.1, -0.05) is 12.1 Å². The molecule has 0 bridgehead atoms. The van der Waals surface area contributed by atoms with Crippen LogP contribution in [0.25, 0.3) is 0 Å². The van der Waals surface area contributed by atoms with E-state index in [0.29, 0.717) is 5.75 Å². The Hall–Kier alpha value is -2.69. The molecule has 1 unspecified atom stereocenters. The minimum atomic E-state index is -0.466. The first-order valence-electron chi connectivity index (χ1n) is 6.48. The van der Waals surface area contributed by atoms with E-state index in [1.165, 1.54) is 6.07 Å². The Kier molecular flexibility index (Phi) is 3.17. The standard InChI is InChI=1S/C16H14O5/c1-20-11-4-2-9(3-5-11)15-8-13(18)12-6-10(17)7-14(19)16(12)21-15/h2-7,15,17,19H,8H2,1H3. The van der Waals surface area contributed by atoms with E-state index in [2.05, 4.69) is 0 Å². The Bertz CT molecular complexity index is 691. The van der Waals surface area contributed by atoms with Gasteiger partial charge in [0.15, 0.2) is 17.3 Å². The molecule has 0 fully saturated rings. The summed E-state index contributed by atoms with van der Waals surface area (Å²) in [4.78, 5) is 12.2. The van der Waals surface area contributed by atoms with Gasteiger partial charge >= 0.3 is 0 Å². The predicted octanol–water partition coefficient (Wildman–Crippen LogP) is 2.81. The number of carbonyl (C=O) groups is 1. The van der Waals surface area contributed by atoms with Crippen LogP contribution in [-0.4, -0.2) is 23.1 Å².